The summed E-state index contributed by atoms with van der Waals surface area (Å²) in [4.78, 5) is 0. The highest BCUT2D eigenvalue weighted by atomic mass is 16.5. The van der Waals surface area contributed by atoms with E-state index in [-0.39, 0.29) is 17.3 Å². The third kappa shape index (κ3) is 3.92. The molecular formula is C28H43N3O3. The molecule has 0 radical (unpaired) electrons. The van der Waals surface area contributed by atoms with Crippen LogP contribution in [0.5, 0.6) is 0 Å². The van der Waals surface area contributed by atoms with Crippen molar-refractivity contribution in [2.45, 2.75) is 89.9 Å². The molecule has 0 saturated heterocycles. The predicted molar refractivity (Wildman–Crippen MR) is 130 cm³/mol. The highest BCUT2D eigenvalue weighted by molar-refractivity contribution is 5.21. The van der Waals surface area contributed by atoms with Gasteiger partial charge in [-0.15, -0.1) is 0 Å². The topological polar surface area (TPSA) is 91.3 Å². The molecule has 0 aromatic carbocycles. The summed E-state index contributed by atoms with van der Waals surface area (Å²) in [7, 11) is 1.76. The summed E-state index contributed by atoms with van der Waals surface area (Å²) < 4.78 is 7.26. The normalized spacial score (nSPS) is 45.5. The zero-order valence-electron chi connectivity index (χ0n) is 21.4. The molecule has 10 atom stereocenters. The van der Waals surface area contributed by atoms with Crippen molar-refractivity contribution >= 4 is 0 Å². The Labute approximate surface area is 204 Å². The molecule has 2 N–H and O–H groups in total. The Hall–Kier alpha value is -1.42. The second kappa shape index (κ2) is 8.61. The molecule has 0 spiro atoms. The first kappa shape index (κ1) is 24.3. The van der Waals surface area contributed by atoms with E-state index in [9.17, 15) is 10.2 Å². The lowest BCUT2D eigenvalue weighted by molar-refractivity contribution is -0.148. The third-order valence-corrected chi connectivity index (χ3v) is 11.0. The van der Waals surface area contributed by atoms with Crippen LogP contribution < -0.4 is 0 Å². The summed E-state index contributed by atoms with van der Waals surface area (Å²) in [5, 5.41) is 36.3. The van der Waals surface area contributed by atoms with Crippen LogP contribution in [0.3, 0.4) is 0 Å². The predicted octanol–water partition coefficient (Wildman–Crippen LogP) is 4.40. The van der Waals surface area contributed by atoms with Crippen molar-refractivity contribution in [2.75, 3.05) is 13.7 Å². The Morgan fingerprint density at radius 3 is 2.71 bits per heavy atom. The smallest absolute Gasteiger partial charge is 0.102 e. The molecule has 4 aliphatic rings. The van der Waals surface area contributed by atoms with Gasteiger partial charge < -0.3 is 14.9 Å². The number of nitriles is 1. The van der Waals surface area contributed by atoms with Crippen LogP contribution in [-0.2, 0) is 11.3 Å². The van der Waals surface area contributed by atoms with Gasteiger partial charge >= 0.3 is 0 Å². The Kier molecular flexibility index (Phi) is 6.15. The lowest BCUT2D eigenvalue weighted by Crippen LogP contribution is -2.55. The van der Waals surface area contributed by atoms with E-state index >= 15 is 0 Å². The fourth-order valence-corrected chi connectivity index (χ4v) is 9.55. The molecule has 0 aliphatic heterocycles. The quantitative estimate of drug-likeness (QED) is 0.667. The number of aromatic nitrogens is 2. The zero-order chi connectivity index (χ0) is 24.3. The average molecular weight is 470 g/mol. The van der Waals surface area contributed by atoms with Gasteiger partial charge in [-0.05, 0) is 106 Å². The average Bonchev–Trinajstić information content (AvgIpc) is 3.37. The van der Waals surface area contributed by atoms with Crippen LogP contribution in [0.1, 0.15) is 77.7 Å². The highest BCUT2D eigenvalue weighted by Crippen LogP contribution is 2.66. The second-order valence-electron chi connectivity index (χ2n) is 13.0. The first-order chi connectivity index (χ1) is 16.1. The van der Waals surface area contributed by atoms with Gasteiger partial charge in [0.1, 0.15) is 6.07 Å². The van der Waals surface area contributed by atoms with Crippen molar-refractivity contribution in [1.29, 1.82) is 5.26 Å². The van der Waals surface area contributed by atoms with Gasteiger partial charge in [0, 0.05) is 19.2 Å². The van der Waals surface area contributed by atoms with Gasteiger partial charge in [-0.1, -0.05) is 6.92 Å². The standard InChI is InChI=1S/C28H43N3O3/c1-26-10-9-21-22(6-5-19-12-27(2,32)20(16-34-4)11-23(19)21)24(26)7-8-25(26)28(3,33)17-31-15-18(13-29)14-30-31/h14-15,19-25,32-33H,5-12,16-17H2,1-4H3/t19-,20+,21+,22-,23+,24+,25+,26+,27+,28-/m1/s1. The number of fused-ring (bicyclic) bond motifs is 5. The van der Waals surface area contributed by atoms with Gasteiger partial charge in [0.2, 0.25) is 0 Å². The molecule has 6 nitrogen and oxygen atoms in total. The summed E-state index contributed by atoms with van der Waals surface area (Å²) in [5.74, 6) is 3.98. The van der Waals surface area contributed by atoms with Crippen LogP contribution in [0, 0.1) is 58.2 Å². The van der Waals surface area contributed by atoms with Crippen LogP contribution in [-0.4, -0.2) is 44.9 Å². The Bertz CT molecular complexity index is 934. The van der Waals surface area contributed by atoms with Gasteiger partial charge in [-0.3, -0.25) is 4.68 Å². The number of hydrogen-bond donors (Lipinski definition) is 2. The maximum absolute atomic E-state index is 11.7. The molecule has 0 amide bonds. The maximum atomic E-state index is 11.7. The molecule has 0 unspecified atom stereocenters. The molecule has 34 heavy (non-hydrogen) atoms. The molecule has 4 aliphatic carbocycles. The van der Waals surface area contributed by atoms with E-state index in [1.165, 1.54) is 32.1 Å². The first-order valence-corrected chi connectivity index (χ1v) is 13.5. The Morgan fingerprint density at radius 1 is 1.21 bits per heavy atom. The summed E-state index contributed by atoms with van der Waals surface area (Å²) in [5.41, 5.74) is -0.766. The van der Waals surface area contributed by atoms with E-state index in [1.807, 2.05) is 13.8 Å². The largest absolute Gasteiger partial charge is 0.390 e. The van der Waals surface area contributed by atoms with E-state index in [2.05, 4.69) is 18.1 Å². The zero-order valence-corrected chi connectivity index (χ0v) is 21.4. The van der Waals surface area contributed by atoms with Crippen LogP contribution in [0.4, 0.5) is 0 Å². The molecule has 1 heterocycles. The minimum atomic E-state index is -0.848. The molecule has 0 bridgehead atoms. The van der Waals surface area contributed by atoms with Crippen molar-refractivity contribution < 1.29 is 14.9 Å². The van der Waals surface area contributed by atoms with Crippen LogP contribution in [0.2, 0.25) is 0 Å². The Morgan fingerprint density at radius 2 is 2.00 bits per heavy atom. The van der Waals surface area contributed by atoms with E-state index in [4.69, 9.17) is 10.00 Å². The number of methoxy groups -OCH3 is 1. The van der Waals surface area contributed by atoms with E-state index in [0.29, 0.717) is 36.5 Å². The van der Waals surface area contributed by atoms with Gasteiger partial charge in [0.05, 0.1) is 36.1 Å². The van der Waals surface area contributed by atoms with Crippen molar-refractivity contribution in [3.05, 3.63) is 18.0 Å². The fourth-order valence-electron chi connectivity index (χ4n) is 9.55. The fraction of sp³-hybridized carbons (Fsp3) is 0.857. The van der Waals surface area contributed by atoms with Crippen molar-refractivity contribution in [3.63, 3.8) is 0 Å². The summed E-state index contributed by atoms with van der Waals surface area (Å²) >= 11 is 0. The number of aliphatic hydroxyl groups is 2. The van der Waals surface area contributed by atoms with Gasteiger partial charge in [-0.25, -0.2) is 0 Å². The van der Waals surface area contributed by atoms with Crippen LogP contribution in [0.25, 0.3) is 0 Å². The molecule has 1 aromatic heterocycles. The highest BCUT2D eigenvalue weighted by Gasteiger charge is 2.61. The number of hydrogen-bond acceptors (Lipinski definition) is 5. The molecule has 6 heteroatoms. The molecule has 4 saturated carbocycles. The van der Waals surface area contributed by atoms with Gasteiger partial charge in [0.25, 0.3) is 0 Å². The summed E-state index contributed by atoms with van der Waals surface area (Å²) in [6, 6.07) is 2.14. The third-order valence-electron chi connectivity index (χ3n) is 11.0. The van der Waals surface area contributed by atoms with Crippen molar-refractivity contribution in [1.82, 2.24) is 9.78 Å². The summed E-state index contributed by atoms with van der Waals surface area (Å²) in [6.45, 7) is 7.56. The minimum Gasteiger partial charge on any atom is -0.390 e. The maximum Gasteiger partial charge on any atom is 0.102 e. The van der Waals surface area contributed by atoms with Crippen molar-refractivity contribution in [2.24, 2.45) is 46.8 Å². The van der Waals surface area contributed by atoms with Gasteiger partial charge in [0.15, 0.2) is 0 Å². The van der Waals surface area contributed by atoms with Gasteiger partial charge in [-0.2, -0.15) is 10.4 Å². The van der Waals surface area contributed by atoms with Crippen LogP contribution >= 0.6 is 0 Å². The van der Waals surface area contributed by atoms with Crippen molar-refractivity contribution in [3.8, 4) is 6.07 Å². The van der Waals surface area contributed by atoms with E-state index in [1.54, 1.807) is 24.2 Å². The Balaban J connectivity index is 1.33. The van der Waals surface area contributed by atoms with E-state index in [0.717, 1.165) is 31.1 Å². The van der Waals surface area contributed by atoms with E-state index < -0.39 is 11.2 Å². The lowest BCUT2D eigenvalue weighted by atomic mass is 9.47. The monoisotopic (exact) mass is 469 g/mol. The van der Waals surface area contributed by atoms with Crippen LogP contribution in [0.15, 0.2) is 12.4 Å². The first-order valence-electron chi connectivity index (χ1n) is 13.5. The molecule has 1 aromatic rings. The molecule has 188 valence electrons. The molecule has 4 fully saturated rings. The number of nitrogens with zero attached hydrogens (tertiary/aromatic N) is 3. The second-order valence-corrected chi connectivity index (χ2v) is 13.0. The number of ether oxygens (including phenoxy) is 1. The summed E-state index contributed by atoms with van der Waals surface area (Å²) in [6.07, 6.45) is 12.5. The SMILES string of the molecule is COC[C@@H]1C[C@H]2[C@H](CC[C@@H]3[C@@H]2CC[C@@]2(C)[C@H]3CC[C@@H]2[C@](C)(O)Cn2cc(C#N)cn2)C[C@]1(C)O. The minimum absolute atomic E-state index is 0.148. The molecule has 5 rings (SSSR count). The molecular weight excluding hydrogens is 426 g/mol. The lowest BCUT2D eigenvalue weighted by Gasteiger charge is -2.59. The number of rotatable bonds is 5.